The Balaban J connectivity index is 1.93. The van der Waals surface area contributed by atoms with Crippen molar-refractivity contribution in [2.75, 3.05) is 20.3 Å². The van der Waals surface area contributed by atoms with Crippen molar-refractivity contribution < 1.29 is 39.1 Å². The highest BCUT2D eigenvalue weighted by Crippen LogP contribution is 2.28. The number of rotatable bonds is 13. The molecule has 0 radical (unpaired) electrons. The highest BCUT2D eigenvalue weighted by molar-refractivity contribution is 5.79. The minimum atomic E-state index is -0.565. The fourth-order valence-electron chi connectivity index (χ4n) is 3.27. The SMILES string of the molecule is COc1cc(CCC(=O)CC(CCc2ccc(O)c(OCCO)c2)OC(C)=O)ccc1O. The second kappa shape index (κ2) is 12.6. The highest BCUT2D eigenvalue weighted by Gasteiger charge is 2.18. The molecular formula is C24H30O8. The third kappa shape index (κ3) is 8.11. The van der Waals surface area contributed by atoms with Gasteiger partial charge in [-0.2, -0.15) is 0 Å². The number of phenols is 2. The van der Waals surface area contributed by atoms with Crippen molar-refractivity contribution in [1.29, 1.82) is 0 Å². The zero-order valence-corrected chi connectivity index (χ0v) is 18.4. The van der Waals surface area contributed by atoms with E-state index in [0.29, 0.717) is 25.0 Å². The zero-order valence-electron chi connectivity index (χ0n) is 18.4. The Kier molecular flexibility index (Phi) is 9.81. The maximum absolute atomic E-state index is 12.5. The number of aliphatic hydroxyl groups excluding tert-OH is 1. The van der Waals surface area contributed by atoms with Crippen LogP contribution in [-0.4, -0.2) is 53.5 Å². The molecule has 0 aliphatic carbocycles. The van der Waals surface area contributed by atoms with Gasteiger partial charge >= 0.3 is 5.97 Å². The number of ether oxygens (including phenoxy) is 3. The Labute approximate surface area is 187 Å². The number of Topliss-reactive ketones (excluding diaryl/α,β-unsaturated/α-hetero) is 1. The third-order valence-corrected chi connectivity index (χ3v) is 4.85. The number of benzene rings is 2. The van der Waals surface area contributed by atoms with Gasteiger partial charge in [0.2, 0.25) is 0 Å². The first-order chi connectivity index (χ1) is 15.3. The number of hydrogen-bond acceptors (Lipinski definition) is 8. The molecule has 2 rings (SSSR count). The van der Waals surface area contributed by atoms with E-state index in [4.69, 9.17) is 19.3 Å². The molecule has 8 heteroatoms. The van der Waals surface area contributed by atoms with E-state index < -0.39 is 12.1 Å². The van der Waals surface area contributed by atoms with E-state index in [1.807, 2.05) is 0 Å². The molecule has 3 N–H and O–H groups in total. The van der Waals surface area contributed by atoms with Crippen LogP contribution in [0.25, 0.3) is 0 Å². The van der Waals surface area contributed by atoms with Gasteiger partial charge in [0.05, 0.1) is 13.7 Å². The normalized spacial score (nSPS) is 11.6. The Morgan fingerprint density at radius 1 is 0.969 bits per heavy atom. The molecule has 0 heterocycles. The van der Waals surface area contributed by atoms with Gasteiger partial charge in [0.25, 0.3) is 0 Å². The first kappa shape index (κ1) is 25.0. The Morgan fingerprint density at radius 3 is 2.22 bits per heavy atom. The molecule has 32 heavy (non-hydrogen) atoms. The summed E-state index contributed by atoms with van der Waals surface area (Å²) in [5, 5.41) is 28.4. The average Bonchev–Trinajstić information content (AvgIpc) is 2.76. The summed E-state index contributed by atoms with van der Waals surface area (Å²) >= 11 is 0. The van der Waals surface area contributed by atoms with Crippen LogP contribution in [0.3, 0.4) is 0 Å². The van der Waals surface area contributed by atoms with Gasteiger partial charge in [-0.3, -0.25) is 9.59 Å². The van der Waals surface area contributed by atoms with Crippen molar-refractivity contribution in [3.63, 3.8) is 0 Å². The molecule has 174 valence electrons. The van der Waals surface area contributed by atoms with E-state index in [2.05, 4.69) is 0 Å². The number of ketones is 1. The lowest BCUT2D eigenvalue weighted by Gasteiger charge is -2.17. The van der Waals surface area contributed by atoms with Crippen molar-refractivity contribution in [3.05, 3.63) is 47.5 Å². The quantitative estimate of drug-likeness (QED) is 0.402. The van der Waals surface area contributed by atoms with Gasteiger partial charge < -0.3 is 29.5 Å². The van der Waals surface area contributed by atoms with E-state index in [-0.39, 0.29) is 49.1 Å². The maximum atomic E-state index is 12.5. The molecule has 2 aromatic carbocycles. The van der Waals surface area contributed by atoms with Gasteiger partial charge in [-0.1, -0.05) is 12.1 Å². The lowest BCUT2D eigenvalue weighted by atomic mass is 9.99. The molecule has 2 aromatic rings. The molecule has 1 atom stereocenters. The van der Waals surface area contributed by atoms with Crippen molar-refractivity contribution in [3.8, 4) is 23.0 Å². The molecule has 0 spiro atoms. The Morgan fingerprint density at radius 2 is 1.59 bits per heavy atom. The molecule has 8 nitrogen and oxygen atoms in total. The monoisotopic (exact) mass is 446 g/mol. The summed E-state index contributed by atoms with van der Waals surface area (Å²) in [6, 6.07) is 9.83. The number of aliphatic hydroxyl groups is 1. The van der Waals surface area contributed by atoms with E-state index in [1.165, 1.54) is 26.2 Å². The van der Waals surface area contributed by atoms with Crippen LogP contribution in [0.15, 0.2) is 36.4 Å². The molecular weight excluding hydrogens is 416 g/mol. The van der Waals surface area contributed by atoms with Crippen LogP contribution in [0.1, 0.15) is 37.3 Å². The minimum absolute atomic E-state index is 0.0280. The summed E-state index contributed by atoms with van der Waals surface area (Å²) in [5.41, 5.74) is 1.70. The van der Waals surface area contributed by atoms with Crippen molar-refractivity contribution in [1.82, 2.24) is 0 Å². The lowest BCUT2D eigenvalue weighted by molar-refractivity contribution is -0.147. The molecule has 0 aliphatic rings. The van der Waals surface area contributed by atoms with Gasteiger partial charge in [0, 0.05) is 19.8 Å². The van der Waals surface area contributed by atoms with Gasteiger partial charge in [-0.15, -0.1) is 0 Å². The number of methoxy groups -OCH3 is 1. The van der Waals surface area contributed by atoms with Gasteiger partial charge in [-0.25, -0.2) is 0 Å². The molecule has 0 saturated heterocycles. The second-order valence-corrected chi connectivity index (χ2v) is 7.39. The number of aryl methyl sites for hydroxylation is 2. The number of hydrogen-bond donors (Lipinski definition) is 3. The number of phenolic OH excluding ortho intramolecular Hbond substituents is 2. The number of aromatic hydroxyl groups is 2. The molecule has 0 amide bonds. The summed E-state index contributed by atoms with van der Waals surface area (Å²) < 4.78 is 15.7. The molecule has 0 saturated carbocycles. The molecule has 1 unspecified atom stereocenters. The predicted octanol–water partition coefficient (Wildman–Crippen LogP) is 2.93. The summed E-state index contributed by atoms with van der Waals surface area (Å²) in [7, 11) is 1.46. The van der Waals surface area contributed by atoms with Crippen molar-refractivity contribution in [2.45, 2.75) is 45.1 Å². The van der Waals surface area contributed by atoms with Crippen molar-refractivity contribution in [2.24, 2.45) is 0 Å². The summed E-state index contributed by atoms with van der Waals surface area (Å²) in [6.45, 7) is 1.20. The van der Waals surface area contributed by atoms with Gasteiger partial charge in [0.1, 0.15) is 18.5 Å². The zero-order chi connectivity index (χ0) is 23.5. The first-order valence-electron chi connectivity index (χ1n) is 10.4. The summed E-state index contributed by atoms with van der Waals surface area (Å²) in [5.74, 6) is 0.131. The molecule has 0 fully saturated rings. The standard InChI is InChI=1S/C24H30O8/c1-16(26)32-20(8-4-18-6-10-22(29)24(14-18)31-12-11-25)15-19(27)7-3-17-5-9-21(28)23(13-17)30-2/h5-6,9-10,13-14,20,25,28-29H,3-4,7-8,11-12,15H2,1-2H3. The fraction of sp³-hybridized carbons (Fsp3) is 0.417. The molecule has 0 aliphatic heterocycles. The van der Waals surface area contributed by atoms with E-state index in [0.717, 1.165) is 11.1 Å². The minimum Gasteiger partial charge on any atom is -0.504 e. The van der Waals surface area contributed by atoms with E-state index in [9.17, 15) is 19.8 Å². The third-order valence-electron chi connectivity index (χ3n) is 4.85. The fourth-order valence-corrected chi connectivity index (χ4v) is 3.27. The van der Waals surface area contributed by atoms with Crippen LogP contribution >= 0.6 is 0 Å². The summed E-state index contributed by atoms with van der Waals surface area (Å²) in [6.07, 6.45) is 1.22. The highest BCUT2D eigenvalue weighted by atomic mass is 16.5. The predicted molar refractivity (Wildman–Crippen MR) is 117 cm³/mol. The van der Waals surface area contributed by atoms with Gasteiger partial charge in [0.15, 0.2) is 23.0 Å². The number of carbonyl (C=O) groups excluding carboxylic acids is 2. The largest absolute Gasteiger partial charge is 0.504 e. The van der Waals surface area contributed by atoms with Crippen LogP contribution in [0.2, 0.25) is 0 Å². The lowest BCUT2D eigenvalue weighted by Crippen LogP contribution is -2.21. The van der Waals surface area contributed by atoms with E-state index in [1.54, 1.807) is 24.3 Å². The average molecular weight is 446 g/mol. The Hall–Kier alpha value is -3.26. The molecule has 0 aromatic heterocycles. The van der Waals surface area contributed by atoms with Crippen LogP contribution < -0.4 is 9.47 Å². The smallest absolute Gasteiger partial charge is 0.302 e. The van der Waals surface area contributed by atoms with Crippen LogP contribution in [-0.2, 0) is 27.2 Å². The Bertz CT molecular complexity index is 909. The molecule has 0 bridgehead atoms. The number of carbonyl (C=O) groups is 2. The van der Waals surface area contributed by atoms with Crippen LogP contribution in [0.4, 0.5) is 0 Å². The number of esters is 1. The first-order valence-corrected chi connectivity index (χ1v) is 10.4. The topological polar surface area (TPSA) is 123 Å². The van der Waals surface area contributed by atoms with Crippen LogP contribution in [0, 0.1) is 0 Å². The second-order valence-electron chi connectivity index (χ2n) is 7.39. The van der Waals surface area contributed by atoms with E-state index >= 15 is 0 Å². The summed E-state index contributed by atoms with van der Waals surface area (Å²) in [4.78, 5) is 24.0. The van der Waals surface area contributed by atoms with Crippen LogP contribution in [0.5, 0.6) is 23.0 Å². The maximum Gasteiger partial charge on any atom is 0.302 e. The van der Waals surface area contributed by atoms with Crippen molar-refractivity contribution >= 4 is 11.8 Å². The van der Waals surface area contributed by atoms with Gasteiger partial charge in [-0.05, 0) is 54.7 Å².